The van der Waals surface area contributed by atoms with E-state index in [1.54, 1.807) is 0 Å². The second kappa shape index (κ2) is 7.44. The van der Waals surface area contributed by atoms with Gasteiger partial charge in [0.1, 0.15) is 0 Å². The van der Waals surface area contributed by atoms with Crippen LogP contribution in [-0.2, 0) is 6.42 Å². The summed E-state index contributed by atoms with van der Waals surface area (Å²) in [5.74, 6) is 0.863. The lowest BCUT2D eigenvalue weighted by Crippen LogP contribution is -2.51. The molecule has 3 atom stereocenters. The maximum atomic E-state index is 6.00. The summed E-state index contributed by atoms with van der Waals surface area (Å²) in [7, 11) is 0. The van der Waals surface area contributed by atoms with Crippen LogP contribution in [-0.4, -0.2) is 30.1 Å². The van der Waals surface area contributed by atoms with Gasteiger partial charge in [-0.05, 0) is 56.3 Å². The van der Waals surface area contributed by atoms with Crippen molar-refractivity contribution >= 4 is 11.6 Å². The number of likely N-dealkylation sites (tertiary alicyclic amines) is 1. The fourth-order valence-electron chi connectivity index (χ4n) is 3.41. The number of hydrogen-bond acceptors (Lipinski definition) is 2. The highest BCUT2D eigenvalue weighted by Crippen LogP contribution is 2.27. The summed E-state index contributed by atoms with van der Waals surface area (Å²) in [6.45, 7) is 6.59. The van der Waals surface area contributed by atoms with Gasteiger partial charge in [0.2, 0.25) is 0 Å². The third-order valence-corrected chi connectivity index (χ3v) is 4.98. The summed E-state index contributed by atoms with van der Waals surface area (Å²) in [5.41, 5.74) is 7.36. The summed E-state index contributed by atoms with van der Waals surface area (Å²) in [6, 6.07) is 9.32. The zero-order chi connectivity index (χ0) is 14.5. The van der Waals surface area contributed by atoms with Crippen molar-refractivity contribution in [3.63, 3.8) is 0 Å². The minimum atomic E-state index is 0.544. The van der Waals surface area contributed by atoms with Crippen molar-refractivity contribution < 1.29 is 0 Å². The number of nitrogens with two attached hydrogens (primary N) is 1. The lowest BCUT2D eigenvalue weighted by molar-refractivity contribution is 0.0775. The van der Waals surface area contributed by atoms with Crippen LogP contribution in [0.4, 0.5) is 0 Å². The molecule has 1 saturated heterocycles. The van der Waals surface area contributed by atoms with Crippen molar-refractivity contribution in [3.8, 4) is 0 Å². The Morgan fingerprint density at radius 3 is 2.65 bits per heavy atom. The molecular weight excluding hydrogens is 268 g/mol. The molecule has 3 heteroatoms. The minimum Gasteiger partial charge on any atom is -0.329 e. The van der Waals surface area contributed by atoms with Gasteiger partial charge in [-0.15, -0.1) is 0 Å². The average Bonchev–Trinajstić information content (AvgIpc) is 2.48. The maximum Gasteiger partial charge on any atom is 0.0406 e. The van der Waals surface area contributed by atoms with E-state index in [-0.39, 0.29) is 0 Å². The van der Waals surface area contributed by atoms with Crippen molar-refractivity contribution in [2.24, 2.45) is 11.7 Å². The Hall–Kier alpha value is -0.570. The smallest absolute Gasteiger partial charge is 0.0406 e. The topological polar surface area (TPSA) is 29.3 Å². The molecule has 0 aliphatic carbocycles. The molecule has 2 N–H and O–H groups in total. The average molecular weight is 295 g/mol. The van der Waals surface area contributed by atoms with Gasteiger partial charge in [-0.25, -0.2) is 0 Å². The molecule has 0 radical (unpaired) electrons. The summed E-state index contributed by atoms with van der Waals surface area (Å²) < 4.78 is 0. The molecule has 1 aliphatic rings. The van der Waals surface area contributed by atoms with Crippen molar-refractivity contribution in [1.29, 1.82) is 0 Å². The molecule has 2 nitrogen and oxygen atoms in total. The first kappa shape index (κ1) is 15.8. The molecule has 2 rings (SSSR count). The van der Waals surface area contributed by atoms with E-state index in [0.717, 1.165) is 23.9 Å². The van der Waals surface area contributed by atoms with Crippen LogP contribution in [0, 0.1) is 5.92 Å². The van der Waals surface area contributed by atoms with Crippen LogP contribution >= 0.6 is 11.6 Å². The zero-order valence-electron chi connectivity index (χ0n) is 12.7. The van der Waals surface area contributed by atoms with Crippen molar-refractivity contribution in [2.75, 3.05) is 13.1 Å². The molecule has 0 saturated carbocycles. The van der Waals surface area contributed by atoms with E-state index < -0.39 is 0 Å². The number of benzene rings is 1. The Kier molecular flexibility index (Phi) is 5.88. The quantitative estimate of drug-likeness (QED) is 0.897. The lowest BCUT2D eigenvalue weighted by atomic mass is 9.87. The summed E-state index contributed by atoms with van der Waals surface area (Å²) >= 11 is 5.95. The van der Waals surface area contributed by atoms with Gasteiger partial charge in [-0.1, -0.05) is 37.1 Å². The fraction of sp³-hybridized carbons (Fsp3) is 0.647. The van der Waals surface area contributed by atoms with Crippen LogP contribution < -0.4 is 5.73 Å². The molecular formula is C17H27ClN2. The summed E-state index contributed by atoms with van der Waals surface area (Å²) in [4.78, 5) is 2.61. The first-order chi connectivity index (χ1) is 9.63. The first-order valence-corrected chi connectivity index (χ1v) is 8.22. The standard InChI is InChI=1S/C17H27ClN2/c1-3-14-8-9-20(17(11-14)12-19)13(2)10-15-4-6-16(18)7-5-15/h4-7,13-14,17H,3,8-12,19H2,1-2H3. The molecule has 0 spiro atoms. The highest BCUT2D eigenvalue weighted by molar-refractivity contribution is 6.30. The second-order valence-electron chi connectivity index (χ2n) is 6.11. The molecule has 3 unspecified atom stereocenters. The van der Waals surface area contributed by atoms with E-state index in [0.29, 0.717) is 12.1 Å². The Labute approximate surface area is 128 Å². The van der Waals surface area contributed by atoms with Crippen molar-refractivity contribution in [3.05, 3.63) is 34.9 Å². The highest BCUT2D eigenvalue weighted by Gasteiger charge is 2.29. The van der Waals surface area contributed by atoms with E-state index in [9.17, 15) is 0 Å². The minimum absolute atomic E-state index is 0.544. The predicted molar refractivity (Wildman–Crippen MR) is 87.2 cm³/mol. The Balaban J connectivity index is 1.97. The molecule has 1 aliphatic heterocycles. The van der Waals surface area contributed by atoms with Crippen molar-refractivity contribution in [1.82, 2.24) is 4.90 Å². The molecule has 1 heterocycles. The summed E-state index contributed by atoms with van der Waals surface area (Å²) in [6.07, 6.45) is 4.94. The number of hydrogen-bond donors (Lipinski definition) is 1. The third-order valence-electron chi connectivity index (χ3n) is 4.73. The van der Waals surface area contributed by atoms with Crippen LogP contribution in [0.5, 0.6) is 0 Å². The SMILES string of the molecule is CCC1CCN(C(C)Cc2ccc(Cl)cc2)C(CN)C1. The summed E-state index contributed by atoms with van der Waals surface area (Å²) in [5, 5.41) is 0.810. The number of halogens is 1. The van der Waals surface area contributed by atoms with E-state index >= 15 is 0 Å². The number of rotatable bonds is 5. The van der Waals surface area contributed by atoms with Gasteiger partial charge < -0.3 is 5.73 Å². The Morgan fingerprint density at radius 1 is 1.35 bits per heavy atom. The van der Waals surface area contributed by atoms with Gasteiger partial charge in [-0.2, -0.15) is 0 Å². The molecule has 20 heavy (non-hydrogen) atoms. The Bertz CT molecular complexity index is 404. The third kappa shape index (κ3) is 3.97. The van der Waals surface area contributed by atoms with E-state index in [1.165, 1.54) is 31.4 Å². The second-order valence-corrected chi connectivity index (χ2v) is 6.54. The van der Waals surface area contributed by atoms with E-state index in [4.69, 9.17) is 17.3 Å². The van der Waals surface area contributed by atoms with Crippen LogP contribution in [0.2, 0.25) is 5.02 Å². The predicted octanol–water partition coefficient (Wildman–Crippen LogP) is 3.72. The van der Waals surface area contributed by atoms with Gasteiger partial charge in [0.15, 0.2) is 0 Å². The molecule has 112 valence electrons. The largest absolute Gasteiger partial charge is 0.329 e. The molecule has 0 aromatic heterocycles. The van der Waals surface area contributed by atoms with Crippen LogP contribution in [0.25, 0.3) is 0 Å². The maximum absolute atomic E-state index is 6.00. The van der Waals surface area contributed by atoms with E-state index in [2.05, 4.69) is 30.9 Å². The Morgan fingerprint density at radius 2 is 2.05 bits per heavy atom. The van der Waals surface area contributed by atoms with Gasteiger partial charge in [-0.3, -0.25) is 4.90 Å². The monoisotopic (exact) mass is 294 g/mol. The van der Waals surface area contributed by atoms with Crippen LogP contribution in [0.3, 0.4) is 0 Å². The highest BCUT2D eigenvalue weighted by atomic mass is 35.5. The molecule has 0 bridgehead atoms. The molecule has 1 aromatic rings. The van der Waals surface area contributed by atoms with Gasteiger partial charge in [0.05, 0.1) is 0 Å². The normalized spacial score (nSPS) is 25.6. The number of nitrogens with zero attached hydrogens (tertiary/aromatic N) is 1. The van der Waals surface area contributed by atoms with Gasteiger partial charge in [0, 0.05) is 23.7 Å². The van der Waals surface area contributed by atoms with Crippen LogP contribution in [0.1, 0.15) is 38.7 Å². The van der Waals surface area contributed by atoms with Crippen LogP contribution in [0.15, 0.2) is 24.3 Å². The van der Waals surface area contributed by atoms with Crippen molar-refractivity contribution in [2.45, 2.75) is 51.6 Å². The first-order valence-electron chi connectivity index (χ1n) is 7.84. The fourth-order valence-corrected chi connectivity index (χ4v) is 3.54. The lowest BCUT2D eigenvalue weighted by Gasteiger charge is -2.42. The molecule has 1 fully saturated rings. The van der Waals surface area contributed by atoms with Gasteiger partial charge in [0.25, 0.3) is 0 Å². The zero-order valence-corrected chi connectivity index (χ0v) is 13.4. The molecule has 1 aromatic carbocycles. The molecule has 0 amide bonds. The number of piperidine rings is 1. The van der Waals surface area contributed by atoms with E-state index in [1.807, 2.05) is 12.1 Å². The van der Waals surface area contributed by atoms with Gasteiger partial charge >= 0.3 is 0 Å².